The molecule has 0 aliphatic rings. The lowest BCUT2D eigenvalue weighted by molar-refractivity contribution is -0.123. The molecular weight excluding hydrogens is 420 g/mol. The fourth-order valence-corrected chi connectivity index (χ4v) is 3.21. The molecule has 7 heteroatoms. The van der Waals surface area contributed by atoms with Crippen molar-refractivity contribution < 1.29 is 23.8 Å². The molecule has 0 radical (unpaired) electrons. The van der Waals surface area contributed by atoms with Crippen LogP contribution in [0.25, 0.3) is 0 Å². The van der Waals surface area contributed by atoms with E-state index in [1.165, 1.54) is 0 Å². The third-order valence-electron chi connectivity index (χ3n) is 4.61. The molecule has 0 spiro atoms. The molecule has 1 unspecified atom stereocenters. The van der Waals surface area contributed by atoms with Crippen molar-refractivity contribution in [2.45, 2.75) is 59.1 Å². The highest BCUT2D eigenvalue weighted by atomic mass is 16.6. The maximum Gasteiger partial charge on any atom is 0.408 e. The quantitative estimate of drug-likeness (QED) is 0.527. The molecule has 0 saturated carbocycles. The van der Waals surface area contributed by atoms with Crippen LogP contribution >= 0.6 is 0 Å². The zero-order valence-electron chi connectivity index (χ0n) is 20.3. The second kappa shape index (κ2) is 12.7. The highest BCUT2D eigenvalue weighted by Gasteiger charge is 2.24. The number of hydrogen-bond donors (Lipinski definition) is 2. The van der Waals surface area contributed by atoms with Crippen LogP contribution in [0.2, 0.25) is 0 Å². The van der Waals surface area contributed by atoms with Gasteiger partial charge in [0, 0.05) is 13.0 Å². The van der Waals surface area contributed by atoms with Gasteiger partial charge in [-0.05, 0) is 64.3 Å². The highest BCUT2D eigenvalue weighted by Crippen LogP contribution is 2.28. The number of carbonyl (C=O) groups excluding carboxylic acids is 2. The molecule has 2 rings (SSSR count). The van der Waals surface area contributed by atoms with E-state index in [1.807, 2.05) is 62.4 Å². The summed E-state index contributed by atoms with van der Waals surface area (Å²) < 4.78 is 16.6. The summed E-state index contributed by atoms with van der Waals surface area (Å²) in [7, 11) is 0. The minimum Gasteiger partial charge on any atom is -0.490 e. The number of hydrogen-bond acceptors (Lipinski definition) is 5. The molecule has 33 heavy (non-hydrogen) atoms. The molecular formula is C26H36N2O5. The Kier molecular flexibility index (Phi) is 10.0. The normalized spacial score (nSPS) is 11.9. The Morgan fingerprint density at radius 2 is 1.58 bits per heavy atom. The van der Waals surface area contributed by atoms with Crippen LogP contribution in [-0.4, -0.2) is 43.4 Å². The first-order valence-corrected chi connectivity index (χ1v) is 11.4. The van der Waals surface area contributed by atoms with E-state index >= 15 is 0 Å². The van der Waals surface area contributed by atoms with Crippen molar-refractivity contribution in [1.29, 1.82) is 0 Å². The third-order valence-corrected chi connectivity index (χ3v) is 4.61. The Hall–Kier alpha value is -3.22. The van der Waals surface area contributed by atoms with Gasteiger partial charge < -0.3 is 24.8 Å². The maximum absolute atomic E-state index is 12.9. The van der Waals surface area contributed by atoms with Crippen LogP contribution in [0.4, 0.5) is 4.79 Å². The van der Waals surface area contributed by atoms with Gasteiger partial charge >= 0.3 is 6.09 Å². The van der Waals surface area contributed by atoms with Gasteiger partial charge in [0.05, 0.1) is 13.2 Å². The lowest BCUT2D eigenvalue weighted by Crippen LogP contribution is -2.49. The molecule has 0 bridgehead atoms. The highest BCUT2D eigenvalue weighted by molar-refractivity contribution is 5.86. The first kappa shape index (κ1) is 26.0. The van der Waals surface area contributed by atoms with Crippen molar-refractivity contribution in [3.8, 4) is 11.5 Å². The van der Waals surface area contributed by atoms with E-state index in [0.717, 1.165) is 11.1 Å². The molecule has 180 valence electrons. The van der Waals surface area contributed by atoms with Crippen LogP contribution in [-0.2, 0) is 22.4 Å². The fourth-order valence-electron chi connectivity index (χ4n) is 3.21. The summed E-state index contributed by atoms with van der Waals surface area (Å²) in [5, 5.41) is 5.64. The summed E-state index contributed by atoms with van der Waals surface area (Å²) in [5.41, 5.74) is 1.31. The Balaban J connectivity index is 2.01. The first-order valence-electron chi connectivity index (χ1n) is 11.4. The summed E-state index contributed by atoms with van der Waals surface area (Å²) in [6, 6.07) is 14.6. The first-order chi connectivity index (χ1) is 15.7. The van der Waals surface area contributed by atoms with Crippen LogP contribution in [0.15, 0.2) is 48.5 Å². The summed E-state index contributed by atoms with van der Waals surface area (Å²) in [6.07, 6.45) is 0.359. The van der Waals surface area contributed by atoms with Crippen molar-refractivity contribution in [2.24, 2.45) is 0 Å². The van der Waals surface area contributed by atoms with Gasteiger partial charge in [0.2, 0.25) is 5.91 Å². The molecule has 2 aromatic carbocycles. The third kappa shape index (κ3) is 9.43. The van der Waals surface area contributed by atoms with E-state index in [-0.39, 0.29) is 5.91 Å². The van der Waals surface area contributed by atoms with Gasteiger partial charge in [0.15, 0.2) is 11.5 Å². The zero-order valence-corrected chi connectivity index (χ0v) is 20.3. The molecule has 2 N–H and O–H groups in total. The Morgan fingerprint density at radius 1 is 0.909 bits per heavy atom. The standard InChI is InChI=1S/C26H36N2O5/c1-6-31-22-14-13-20(18-23(22)32-7-2)15-16-27-24(29)21(17-19-11-9-8-10-12-19)28-25(30)33-26(3,4)5/h8-14,18,21H,6-7,15-17H2,1-5H3,(H,27,29)(H,28,30). The van der Waals surface area contributed by atoms with Crippen molar-refractivity contribution in [3.05, 3.63) is 59.7 Å². The predicted molar refractivity (Wildman–Crippen MR) is 129 cm³/mol. The van der Waals surface area contributed by atoms with Gasteiger partial charge in [-0.15, -0.1) is 0 Å². The second-order valence-electron chi connectivity index (χ2n) is 8.58. The van der Waals surface area contributed by atoms with Gasteiger partial charge in [-0.3, -0.25) is 4.79 Å². The minimum absolute atomic E-state index is 0.263. The Labute approximate surface area is 196 Å². The summed E-state index contributed by atoms with van der Waals surface area (Å²) in [4.78, 5) is 25.2. The van der Waals surface area contributed by atoms with Crippen LogP contribution in [0.5, 0.6) is 11.5 Å². The molecule has 2 aromatic rings. The topological polar surface area (TPSA) is 85.9 Å². The van der Waals surface area contributed by atoms with Crippen LogP contribution in [0, 0.1) is 0 Å². The molecule has 0 aliphatic heterocycles. The number of nitrogens with one attached hydrogen (secondary N) is 2. The number of rotatable bonds is 11. The molecule has 1 atom stereocenters. The number of ether oxygens (including phenoxy) is 3. The summed E-state index contributed by atoms with van der Waals surface area (Å²) in [6.45, 7) is 10.7. The minimum atomic E-state index is -0.749. The second-order valence-corrected chi connectivity index (χ2v) is 8.58. The number of benzene rings is 2. The molecule has 7 nitrogen and oxygen atoms in total. The van der Waals surface area contributed by atoms with Crippen LogP contribution in [0.3, 0.4) is 0 Å². The van der Waals surface area contributed by atoms with Crippen molar-refractivity contribution >= 4 is 12.0 Å². The largest absolute Gasteiger partial charge is 0.490 e. The molecule has 0 aliphatic carbocycles. The maximum atomic E-state index is 12.9. The lowest BCUT2D eigenvalue weighted by Gasteiger charge is -2.23. The van der Waals surface area contributed by atoms with E-state index in [4.69, 9.17) is 14.2 Å². The van der Waals surface area contributed by atoms with Gasteiger partial charge in [0.25, 0.3) is 0 Å². The SMILES string of the molecule is CCOc1ccc(CCNC(=O)C(Cc2ccccc2)NC(=O)OC(C)(C)C)cc1OCC. The van der Waals surface area contributed by atoms with Gasteiger partial charge in [0.1, 0.15) is 11.6 Å². The number of carbonyl (C=O) groups is 2. The Bertz CT molecular complexity index is 893. The van der Waals surface area contributed by atoms with Crippen LogP contribution in [0.1, 0.15) is 45.7 Å². The summed E-state index contributed by atoms with van der Waals surface area (Å²) >= 11 is 0. The van der Waals surface area contributed by atoms with Crippen molar-refractivity contribution in [1.82, 2.24) is 10.6 Å². The van der Waals surface area contributed by atoms with Crippen molar-refractivity contribution in [3.63, 3.8) is 0 Å². The van der Waals surface area contributed by atoms with Crippen LogP contribution < -0.4 is 20.1 Å². The van der Waals surface area contributed by atoms with E-state index in [0.29, 0.717) is 44.1 Å². The fraction of sp³-hybridized carbons (Fsp3) is 0.462. The van der Waals surface area contributed by atoms with E-state index in [9.17, 15) is 9.59 Å². The van der Waals surface area contributed by atoms with Gasteiger partial charge in [-0.2, -0.15) is 0 Å². The van der Waals surface area contributed by atoms with E-state index < -0.39 is 17.7 Å². The van der Waals surface area contributed by atoms with E-state index in [2.05, 4.69) is 10.6 Å². The summed E-state index contributed by atoms with van der Waals surface area (Å²) in [5.74, 6) is 1.13. The van der Waals surface area contributed by atoms with Crippen molar-refractivity contribution in [2.75, 3.05) is 19.8 Å². The molecule has 0 fully saturated rings. The molecule has 0 saturated heterocycles. The van der Waals surface area contributed by atoms with Gasteiger partial charge in [-0.1, -0.05) is 36.4 Å². The average Bonchev–Trinajstić information content (AvgIpc) is 2.74. The number of alkyl carbamates (subject to hydrolysis) is 1. The lowest BCUT2D eigenvalue weighted by atomic mass is 10.1. The smallest absolute Gasteiger partial charge is 0.408 e. The van der Waals surface area contributed by atoms with Gasteiger partial charge in [-0.25, -0.2) is 4.79 Å². The molecule has 2 amide bonds. The predicted octanol–water partition coefficient (Wildman–Crippen LogP) is 4.28. The Morgan fingerprint density at radius 3 is 2.21 bits per heavy atom. The molecule has 0 aromatic heterocycles. The zero-order chi connectivity index (χ0) is 24.3. The monoisotopic (exact) mass is 456 g/mol. The molecule has 0 heterocycles. The van der Waals surface area contributed by atoms with E-state index in [1.54, 1.807) is 20.8 Å². The number of amides is 2. The average molecular weight is 457 g/mol.